The molecule has 18 heavy (non-hydrogen) atoms. The summed E-state index contributed by atoms with van der Waals surface area (Å²) in [5, 5.41) is 0. The second kappa shape index (κ2) is 4.87. The molecule has 0 atom stereocenters. The van der Waals surface area contributed by atoms with Gasteiger partial charge >= 0.3 is 12.4 Å². The fourth-order valence-corrected chi connectivity index (χ4v) is 1.14. The van der Waals surface area contributed by atoms with Crippen LogP contribution in [-0.4, -0.2) is 12.9 Å². The van der Waals surface area contributed by atoms with Crippen molar-refractivity contribution in [2.45, 2.75) is 12.4 Å². The van der Waals surface area contributed by atoms with Crippen LogP contribution in [0.1, 0.15) is 11.1 Å². The van der Waals surface area contributed by atoms with Crippen LogP contribution in [0.5, 0.6) is 5.75 Å². The average Bonchev–Trinajstić information content (AvgIpc) is 2.23. The van der Waals surface area contributed by atoms with Crippen molar-refractivity contribution in [3.63, 3.8) is 0 Å². The quantitative estimate of drug-likeness (QED) is 0.623. The van der Waals surface area contributed by atoms with E-state index in [-0.39, 0.29) is 12.4 Å². The second-order valence-corrected chi connectivity index (χ2v) is 3.22. The van der Waals surface area contributed by atoms with Gasteiger partial charge in [-0.25, -0.2) is 0 Å². The summed E-state index contributed by atoms with van der Waals surface area (Å²) < 4.78 is 78.7. The maximum Gasteiger partial charge on any atom is 0.416 e. The molecule has 0 unspecified atom stereocenters. The smallest absolute Gasteiger partial charge is 0.416 e. The SMILES string of the molecule is O=CCOc1cc(C(F)(F)F)cc(C(F)(F)F)c1. The highest BCUT2D eigenvalue weighted by atomic mass is 19.4. The van der Waals surface area contributed by atoms with E-state index in [1.807, 2.05) is 0 Å². The number of rotatable bonds is 3. The summed E-state index contributed by atoms with van der Waals surface area (Å²) in [4.78, 5) is 9.97. The van der Waals surface area contributed by atoms with E-state index < -0.39 is 35.8 Å². The summed E-state index contributed by atoms with van der Waals surface area (Å²) in [6.45, 7) is -0.626. The fraction of sp³-hybridized carbons (Fsp3) is 0.300. The molecule has 1 rings (SSSR count). The number of hydrogen-bond donors (Lipinski definition) is 0. The highest BCUT2D eigenvalue weighted by Crippen LogP contribution is 2.38. The molecule has 8 heteroatoms. The molecule has 0 aliphatic heterocycles. The Kier molecular flexibility index (Phi) is 3.88. The first-order chi connectivity index (χ1) is 8.14. The molecule has 0 bridgehead atoms. The van der Waals surface area contributed by atoms with Crippen LogP contribution in [0, 0.1) is 0 Å². The van der Waals surface area contributed by atoms with E-state index in [0.717, 1.165) is 0 Å². The normalized spacial score (nSPS) is 12.3. The lowest BCUT2D eigenvalue weighted by Gasteiger charge is -2.13. The van der Waals surface area contributed by atoms with Gasteiger partial charge in [0.25, 0.3) is 0 Å². The molecular formula is C10H6F6O2. The van der Waals surface area contributed by atoms with Crippen molar-refractivity contribution < 1.29 is 35.9 Å². The Hall–Kier alpha value is -1.73. The van der Waals surface area contributed by atoms with Gasteiger partial charge in [-0.1, -0.05) is 0 Å². The van der Waals surface area contributed by atoms with Gasteiger partial charge in [-0.05, 0) is 18.2 Å². The van der Waals surface area contributed by atoms with Crippen molar-refractivity contribution in [3.8, 4) is 5.75 Å². The van der Waals surface area contributed by atoms with E-state index in [2.05, 4.69) is 4.74 Å². The number of hydrogen-bond acceptors (Lipinski definition) is 2. The molecule has 0 saturated heterocycles. The number of aldehydes is 1. The lowest BCUT2D eigenvalue weighted by Crippen LogP contribution is -2.11. The van der Waals surface area contributed by atoms with Gasteiger partial charge in [0, 0.05) is 0 Å². The van der Waals surface area contributed by atoms with Gasteiger partial charge in [0.2, 0.25) is 0 Å². The van der Waals surface area contributed by atoms with Crippen LogP contribution in [-0.2, 0) is 17.1 Å². The predicted molar refractivity (Wildman–Crippen MR) is 48.0 cm³/mol. The van der Waals surface area contributed by atoms with Crippen LogP contribution in [0.4, 0.5) is 26.3 Å². The van der Waals surface area contributed by atoms with Crippen molar-refractivity contribution in [3.05, 3.63) is 29.3 Å². The topological polar surface area (TPSA) is 26.3 Å². The molecule has 0 aromatic heterocycles. The molecule has 0 aliphatic carbocycles. The molecule has 0 aliphatic rings. The summed E-state index contributed by atoms with van der Waals surface area (Å²) in [6.07, 6.45) is -9.64. The first-order valence-corrected chi connectivity index (χ1v) is 4.50. The molecular weight excluding hydrogens is 266 g/mol. The minimum Gasteiger partial charge on any atom is -0.486 e. The van der Waals surface area contributed by atoms with Crippen molar-refractivity contribution in [2.24, 2.45) is 0 Å². The van der Waals surface area contributed by atoms with Crippen molar-refractivity contribution in [2.75, 3.05) is 6.61 Å². The standard InChI is InChI=1S/C10H6F6O2/c11-9(12,13)6-3-7(10(14,15)16)5-8(4-6)18-2-1-17/h1,3-5H,2H2. The van der Waals surface area contributed by atoms with Gasteiger partial charge in [-0.15, -0.1) is 0 Å². The van der Waals surface area contributed by atoms with Gasteiger partial charge in [-0.3, -0.25) is 4.79 Å². The number of carbonyl (C=O) groups is 1. The molecule has 1 aromatic rings. The van der Waals surface area contributed by atoms with E-state index in [4.69, 9.17) is 0 Å². The molecule has 0 heterocycles. The Labute approximate surface area is 97.2 Å². The van der Waals surface area contributed by atoms with Gasteiger partial charge in [0.15, 0.2) is 6.29 Å². The van der Waals surface area contributed by atoms with E-state index >= 15 is 0 Å². The number of benzene rings is 1. The first kappa shape index (κ1) is 14.3. The monoisotopic (exact) mass is 272 g/mol. The minimum absolute atomic E-state index is 0.0201. The Morgan fingerprint density at radius 1 is 0.944 bits per heavy atom. The third-order valence-electron chi connectivity index (χ3n) is 1.88. The Morgan fingerprint density at radius 2 is 1.39 bits per heavy atom. The van der Waals surface area contributed by atoms with Crippen LogP contribution in [0.15, 0.2) is 18.2 Å². The number of ether oxygens (including phenoxy) is 1. The van der Waals surface area contributed by atoms with Crippen molar-refractivity contribution >= 4 is 6.29 Å². The summed E-state index contributed by atoms with van der Waals surface area (Å²) in [7, 11) is 0. The van der Waals surface area contributed by atoms with Crippen molar-refractivity contribution in [1.29, 1.82) is 0 Å². The molecule has 1 aromatic carbocycles. The van der Waals surface area contributed by atoms with E-state index in [1.54, 1.807) is 0 Å². The molecule has 0 N–H and O–H groups in total. The van der Waals surface area contributed by atoms with Gasteiger partial charge < -0.3 is 4.74 Å². The van der Waals surface area contributed by atoms with Gasteiger partial charge in [-0.2, -0.15) is 26.3 Å². The minimum atomic E-state index is -4.93. The number of halogens is 6. The summed E-state index contributed by atoms with van der Waals surface area (Å²) >= 11 is 0. The second-order valence-electron chi connectivity index (χ2n) is 3.22. The zero-order valence-electron chi connectivity index (χ0n) is 8.60. The Bertz CT molecular complexity index is 403. The largest absolute Gasteiger partial charge is 0.486 e. The third kappa shape index (κ3) is 3.64. The highest BCUT2D eigenvalue weighted by Gasteiger charge is 2.37. The number of alkyl halides is 6. The molecule has 2 nitrogen and oxygen atoms in total. The van der Waals surface area contributed by atoms with E-state index in [1.165, 1.54) is 0 Å². The van der Waals surface area contributed by atoms with Crippen LogP contribution in [0.3, 0.4) is 0 Å². The van der Waals surface area contributed by atoms with Gasteiger partial charge in [0.1, 0.15) is 12.4 Å². The molecule has 0 amide bonds. The zero-order valence-corrected chi connectivity index (χ0v) is 8.60. The summed E-state index contributed by atoms with van der Waals surface area (Å²) in [5.74, 6) is -0.663. The number of carbonyl (C=O) groups excluding carboxylic acids is 1. The maximum atomic E-state index is 12.4. The Morgan fingerprint density at radius 3 is 1.72 bits per heavy atom. The molecule has 0 radical (unpaired) electrons. The highest BCUT2D eigenvalue weighted by molar-refractivity contribution is 5.51. The zero-order chi connectivity index (χ0) is 14.0. The molecule has 100 valence electrons. The maximum absolute atomic E-state index is 12.4. The van der Waals surface area contributed by atoms with E-state index in [0.29, 0.717) is 12.1 Å². The Balaban J connectivity index is 3.24. The van der Waals surface area contributed by atoms with Gasteiger partial charge in [0.05, 0.1) is 11.1 Å². The fourth-order valence-electron chi connectivity index (χ4n) is 1.14. The molecule has 0 fully saturated rings. The van der Waals surface area contributed by atoms with Crippen LogP contribution in [0.2, 0.25) is 0 Å². The first-order valence-electron chi connectivity index (χ1n) is 4.50. The predicted octanol–water partition coefficient (Wildman–Crippen LogP) is 3.30. The van der Waals surface area contributed by atoms with Crippen LogP contribution >= 0.6 is 0 Å². The lowest BCUT2D eigenvalue weighted by molar-refractivity contribution is -0.143. The third-order valence-corrected chi connectivity index (χ3v) is 1.88. The van der Waals surface area contributed by atoms with Crippen LogP contribution < -0.4 is 4.74 Å². The van der Waals surface area contributed by atoms with E-state index in [9.17, 15) is 31.1 Å². The van der Waals surface area contributed by atoms with Crippen molar-refractivity contribution in [1.82, 2.24) is 0 Å². The molecule has 0 saturated carbocycles. The summed E-state index contributed by atoms with van der Waals surface area (Å²) in [5.41, 5.74) is -2.98. The lowest BCUT2D eigenvalue weighted by atomic mass is 10.1. The van der Waals surface area contributed by atoms with Crippen LogP contribution in [0.25, 0.3) is 0 Å². The summed E-state index contributed by atoms with van der Waals surface area (Å²) in [6, 6.07) is 0.783. The molecule has 0 spiro atoms. The average molecular weight is 272 g/mol.